The van der Waals surface area contributed by atoms with Crippen molar-refractivity contribution in [3.8, 4) is 5.75 Å². The van der Waals surface area contributed by atoms with Gasteiger partial charge in [0.2, 0.25) is 5.91 Å². The second-order valence-electron chi connectivity index (χ2n) is 5.06. The van der Waals surface area contributed by atoms with Crippen LogP contribution in [0.1, 0.15) is 31.1 Å². The normalized spacial score (nSPS) is 11.8. The lowest BCUT2D eigenvalue weighted by Gasteiger charge is -2.18. The molecule has 1 atom stereocenters. The van der Waals surface area contributed by atoms with Crippen molar-refractivity contribution >= 4 is 5.91 Å². The number of amides is 1. The number of carbonyl (C=O) groups is 1. The number of ether oxygens (including phenoxy) is 1. The summed E-state index contributed by atoms with van der Waals surface area (Å²) in [5.74, 6) is 0.847. The van der Waals surface area contributed by atoms with Gasteiger partial charge in [-0.15, -0.1) is 0 Å². The first-order chi connectivity index (χ1) is 10.1. The highest BCUT2D eigenvalue weighted by atomic mass is 16.5. The predicted molar refractivity (Wildman–Crippen MR) is 81.9 cm³/mol. The molecule has 0 bridgehead atoms. The highest BCUT2D eigenvalue weighted by Gasteiger charge is 2.08. The number of carbonyl (C=O) groups excluding carboxylic acids is 1. The quantitative estimate of drug-likeness (QED) is 0.846. The van der Waals surface area contributed by atoms with Gasteiger partial charge in [0.15, 0.2) is 0 Å². The van der Waals surface area contributed by atoms with E-state index < -0.39 is 0 Å². The van der Waals surface area contributed by atoms with Crippen LogP contribution in [0.3, 0.4) is 0 Å². The third-order valence-corrected chi connectivity index (χ3v) is 3.34. The minimum Gasteiger partial charge on any atom is -0.486 e. The molecule has 2 aromatic rings. The summed E-state index contributed by atoms with van der Waals surface area (Å²) in [7, 11) is 1.79. The lowest BCUT2D eigenvalue weighted by atomic mass is 10.1. The van der Waals surface area contributed by atoms with Crippen LogP contribution in [-0.4, -0.2) is 22.8 Å². The number of hydrogen-bond donors (Lipinski definition) is 0. The van der Waals surface area contributed by atoms with E-state index in [-0.39, 0.29) is 12.0 Å². The molecule has 1 amide bonds. The molecule has 110 valence electrons. The van der Waals surface area contributed by atoms with Crippen LogP contribution in [0.15, 0.2) is 48.8 Å². The molecule has 0 aliphatic rings. The van der Waals surface area contributed by atoms with Crippen LogP contribution >= 0.6 is 0 Å². The Hall–Kier alpha value is -2.36. The summed E-state index contributed by atoms with van der Waals surface area (Å²) in [5.41, 5.74) is 2.13. The molecule has 0 saturated heterocycles. The zero-order valence-electron chi connectivity index (χ0n) is 12.6. The Labute approximate surface area is 125 Å². The maximum absolute atomic E-state index is 11.3. The van der Waals surface area contributed by atoms with Crippen molar-refractivity contribution in [3.05, 3.63) is 59.9 Å². The Morgan fingerprint density at radius 2 is 2.00 bits per heavy atom. The first-order valence-electron chi connectivity index (χ1n) is 6.93. The standard InChI is InChI=1S/C17H20N2O2/c1-13(16-7-9-18-10-8-16)21-17-6-4-5-15(11-17)12-19(3)14(2)20/h4-11,13H,12H2,1-3H3. The average molecular weight is 284 g/mol. The van der Waals surface area contributed by atoms with Crippen molar-refractivity contribution in [3.63, 3.8) is 0 Å². The largest absolute Gasteiger partial charge is 0.486 e. The van der Waals surface area contributed by atoms with Gasteiger partial charge in [-0.1, -0.05) is 12.1 Å². The van der Waals surface area contributed by atoms with Gasteiger partial charge in [0.05, 0.1) is 0 Å². The minimum atomic E-state index is -0.0474. The van der Waals surface area contributed by atoms with E-state index >= 15 is 0 Å². The van der Waals surface area contributed by atoms with Crippen LogP contribution in [0.2, 0.25) is 0 Å². The number of nitrogens with zero attached hydrogens (tertiary/aromatic N) is 2. The third kappa shape index (κ3) is 4.31. The van der Waals surface area contributed by atoms with E-state index in [1.807, 2.05) is 43.3 Å². The first-order valence-corrected chi connectivity index (χ1v) is 6.93. The van der Waals surface area contributed by atoms with Gasteiger partial charge in [-0.25, -0.2) is 0 Å². The zero-order chi connectivity index (χ0) is 15.2. The molecule has 0 aliphatic carbocycles. The van der Waals surface area contributed by atoms with E-state index in [1.54, 1.807) is 31.3 Å². The molecule has 21 heavy (non-hydrogen) atoms. The molecule has 1 unspecified atom stereocenters. The molecule has 0 saturated carbocycles. The highest BCUT2D eigenvalue weighted by molar-refractivity contribution is 5.72. The fourth-order valence-electron chi connectivity index (χ4n) is 2.01. The smallest absolute Gasteiger partial charge is 0.219 e. The molecule has 1 aromatic carbocycles. The number of rotatable bonds is 5. The molecule has 2 rings (SSSR count). The zero-order valence-corrected chi connectivity index (χ0v) is 12.6. The monoisotopic (exact) mass is 284 g/mol. The van der Waals surface area contributed by atoms with Crippen LogP contribution in [-0.2, 0) is 11.3 Å². The molecule has 0 fully saturated rings. The van der Waals surface area contributed by atoms with Crippen LogP contribution < -0.4 is 4.74 Å². The number of aromatic nitrogens is 1. The van der Waals surface area contributed by atoms with Gasteiger partial charge >= 0.3 is 0 Å². The fraction of sp³-hybridized carbons (Fsp3) is 0.294. The summed E-state index contributed by atoms with van der Waals surface area (Å²) < 4.78 is 5.95. The topological polar surface area (TPSA) is 42.4 Å². The second-order valence-corrected chi connectivity index (χ2v) is 5.06. The maximum Gasteiger partial charge on any atom is 0.219 e. The van der Waals surface area contributed by atoms with E-state index in [2.05, 4.69) is 4.98 Å². The van der Waals surface area contributed by atoms with E-state index in [0.29, 0.717) is 6.54 Å². The van der Waals surface area contributed by atoms with Gasteiger partial charge in [0, 0.05) is 32.9 Å². The molecule has 1 heterocycles. The summed E-state index contributed by atoms with van der Waals surface area (Å²) in [6.07, 6.45) is 3.47. The van der Waals surface area contributed by atoms with Crippen LogP contribution in [0.4, 0.5) is 0 Å². The second kappa shape index (κ2) is 6.88. The fourth-order valence-corrected chi connectivity index (χ4v) is 2.01. The van der Waals surface area contributed by atoms with Crippen LogP contribution in [0.5, 0.6) is 5.75 Å². The minimum absolute atomic E-state index is 0.0474. The molecular weight excluding hydrogens is 264 g/mol. The van der Waals surface area contributed by atoms with E-state index in [0.717, 1.165) is 16.9 Å². The summed E-state index contributed by atoms with van der Waals surface area (Å²) in [5, 5.41) is 0. The van der Waals surface area contributed by atoms with Gasteiger partial charge in [0.25, 0.3) is 0 Å². The SMILES string of the molecule is CC(=O)N(C)Cc1cccc(OC(C)c2ccncc2)c1. The van der Waals surface area contributed by atoms with Crippen molar-refractivity contribution in [1.82, 2.24) is 9.88 Å². The molecule has 4 heteroatoms. The summed E-state index contributed by atoms with van der Waals surface area (Å²) in [4.78, 5) is 17.0. The highest BCUT2D eigenvalue weighted by Crippen LogP contribution is 2.22. The molecule has 0 aliphatic heterocycles. The third-order valence-electron chi connectivity index (χ3n) is 3.34. The number of hydrogen-bond acceptors (Lipinski definition) is 3. The van der Waals surface area contributed by atoms with E-state index in [4.69, 9.17) is 4.74 Å². The maximum atomic E-state index is 11.3. The average Bonchev–Trinajstić information content (AvgIpc) is 2.48. The van der Waals surface area contributed by atoms with Gasteiger partial charge in [0.1, 0.15) is 11.9 Å². The van der Waals surface area contributed by atoms with E-state index in [1.165, 1.54) is 0 Å². The van der Waals surface area contributed by atoms with Crippen LogP contribution in [0, 0.1) is 0 Å². The van der Waals surface area contributed by atoms with E-state index in [9.17, 15) is 4.79 Å². The molecule has 0 N–H and O–H groups in total. The molecule has 4 nitrogen and oxygen atoms in total. The van der Waals surface area contributed by atoms with Gasteiger partial charge in [-0.05, 0) is 42.3 Å². The number of pyridine rings is 1. The Bertz CT molecular complexity index is 599. The molecular formula is C17H20N2O2. The molecule has 0 radical (unpaired) electrons. The van der Waals surface area contributed by atoms with Crippen molar-refractivity contribution in [2.75, 3.05) is 7.05 Å². The summed E-state index contributed by atoms with van der Waals surface area (Å²) in [6, 6.07) is 11.7. The van der Waals surface area contributed by atoms with Crippen LogP contribution in [0.25, 0.3) is 0 Å². The van der Waals surface area contributed by atoms with Crippen molar-refractivity contribution in [2.24, 2.45) is 0 Å². The molecule has 0 spiro atoms. The Kier molecular flexibility index (Phi) is 4.93. The van der Waals surface area contributed by atoms with Crippen molar-refractivity contribution in [1.29, 1.82) is 0 Å². The first kappa shape index (κ1) is 15.0. The Morgan fingerprint density at radius 1 is 1.29 bits per heavy atom. The lowest BCUT2D eigenvalue weighted by molar-refractivity contribution is -0.128. The summed E-state index contributed by atoms with van der Waals surface area (Å²) in [6.45, 7) is 4.14. The summed E-state index contributed by atoms with van der Waals surface area (Å²) >= 11 is 0. The van der Waals surface area contributed by atoms with Gasteiger partial charge in [-0.3, -0.25) is 9.78 Å². The Morgan fingerprint density at radius 3 is 2.67 bits per heavy atom. The van der Waals surface area contributed by atoms with Gasteiger partial charge < -0.3 is 9.64 Å². The Balaban J connectivity index is 2.06. The van der Waals surface area contributed by atoms with Crippen molar-refractivity contribution in [2.45, 2.75) is 26.5 Å². The molecule has 1 aromatic heterocycles. The number of benzene rings is 1. The van der Waals surface area contributed by atoms with Crippen molar-refractivity contribution < 1.29 is 9.53 Å². The van der Waals surface area contributed by atoms with Gasteiger partial charge in [-0.2, -0.15) is 0 Å². The predicted octanol–water partition coefficient (Wildman–Crippen LogP) is 3.20. The lowest BCUT2D eigenvalue weighted by Crippen LogP contribution is -2.22.